The molecule has 0 saturated carbocycles. The van der Waals surface area contributed by atoms with Crippen LogP contribution in [0, 0.1) is 5.41 Å². The van der Waals surface area contributed by atoms with E-state index in [1.165, 1.54) is 6.92 Å². The minimum atomic E-state index is -0.555. The molecule has 0 fully saturated rings. The van der Waals surface area contributed by atoms with Crippen LogP contribution < -0.4 is 5.90 Å². The summed E-state index contributed by atoms with van der Waals surface area (Å²) in [5.41, 5.74) is 0.404. The maximum Gasteiger partial charge on any atom is 0.243 e. The Morgan fingerprint density at radius 3 is 2.50 bits per heavy atom. The molecule has 0 rings (SSSR count). The molecular formula is C8H14N4O4. The highest BCUT2D eigenvalue weighted by Gasteiger charge is 2.03. The second-order valence-corrected chi connectivity index (χ2v) is 2.58. The van der Waals surface area contributed by atoms with Crippen molar-refractivity contribution in [3.63, 3.8) is 0 Å². The predicted molar refractivity (Wildman–Crippen MR) is 57.9 cm³/mol. The molecule has 0 aliphatic carbocycles. The number of nitrogens with two attached hydrogens (primary N) is 1. The molecule has 0 amide bonds. The monoisotopic (exact) mass is 230 g/mol. The Morgan fingerprint density at radius 1 is 1.44 bits per heavy atom. The van der Waals surface area contributed by atoms with Crippen molar-refractivity contribution in [2.75, 3.05) is 13.2 Å². The van der Waals surface area contributed by atoms with Crippen molar-refractivity contribution in [3.05, 3.63) is 12.3 Å². The first-order valence-electron chi connectivity index (χ1n) is 4.19. The van der Waals surface area contributed by atoms with Gasteiger partial charge in [0.25, 0.3) is 0 Å². The first-order chi connectivity index (χ1) is 7.54. The fourth-order valence-electron chi connectivity index (χ4n) is 0.536. The largest absolute Gasteiger partial charge is 0.393 e. The fraction of sp³-hybridized carbons (Fsp3) is 0.375. The van der Waals surface area contributed by atoms with Crippen molar-refractivity contribution < 1.29 is 19.9 Å². The van der Waals surface area contributed by atoms with Gasteiger partial charge in [0.1, 0.15) is 18.9 Å². The number of aliphatic hydroxyl groups is 2. The highest BCUT2D eigenvalue weighted by atomic mass is 16.6. The lowest BCUT2D eigenvalue weighted by Crippen LogP contribution is -2.15. The highest BCUT2D eigenvalue weighted by Crippen LogP contribution is 1.99. The van der Waals surface area contributed by atoms with E-state index in [4.69, 9.17) is 21.5 Å². The van der Waals surface area contributed by atoms with Gasteiger partial charge in [-0.15, -0.1) is 0 Å². The van der Waals surface area contributed by atoms with Crippen LogP contribution in [0.1, 0.15) is 6.92 Å². The SMILES string of the molecule is C=C(/N=C(/CO)ON)/C(C)=N/OC(=N)CO. The molecule has 0 aliphatic rings. The van der Waals surface area contributed by atoms with E-state index in [-0.39, 0.29) is 17.3 Å². The maximum atomic E-state index is 8.70. The zero-order valence-electron chi connectivity index (χ0n) is 8.80. The van der Waals surface area contributed by atoms with Gasteiger partial charge in [0, 0.05) is 0 Å². The van der Waals surface area contributed by atoms with Gasteiger partial charge in [-0.1, -0.05) is 11.7 Å². The smallest absolute Gasteiger partial charge is 0.243 e. The van der Waals surface area contributed by atoms with Gasteiger partial charge < -0.3 is 19.9 Å². The molecule has 0 aromatic rings. The minimum absolute atomic E-state index is 0.128. The topological polar surface area (TPSA) is 134 Å². The molecule has 0 aromatic carbocycles. The van der Waals surface area contributed by atoms with E-state index in [0.29, 0.717) is 0 Å². The number of hydrogen-bond acceptors (Lipinski definition) is 8. The molecule has 0 bridgehead atoms. The molecule has 0 spiro atoms. The number of allylic oxidation sites excluding steroid dienone is 1. The molecule has 0 aliphatic heterocycles. The van der Waals surface area contributed by atoms with Crippen LogP contribution >= 0.6 is 0 Å². The van der Waals surface area contributed by atoms with E-state index in [1.807, 2.05) is 0 Å². The van der Waals surface area contributed by atoms with Gasteiger partial charge in [-0.05, 0) is 6.92 Å². The van der Waals surface area contributed by atoms with Crippen LogP contribution in [0.2, 0.25) is 0 Å². The number of aliphatic hydroxyl groups excluding tert-OH is 2. The molecular weight excluding hydrogens is 216 g/mol. The van der Waals surface area contributed by atoms with E-state index in [0.717, 1.165) is 0 Å². The Morgan fingerprint density at radius 2 is 2.06 bits per heavy atom. The van der Waals surface area contributed by atoms with E-state index in [1.54, 1.807) is 0 Å². The van der Waals surface area contributed by atoms with Gasteiger partial charge in [0.2, 0.25) is 11.8 Å². The second kappa shape index (κ2) is 7.51. The third-order valence-electron chi connectivity index (χ3n) is 1.38. The van der Waals surface area contributed by atoms with Crippen molar-refractivity contribution in [3.8, 4) is 0 Å². The van der Waals surface area contributed by atoms with Crippen LogP contribution in [-0.2, 0) is 9.68 Å². The van der Waals surface area contributed by atoms with Crippen LogP contribution in [0.25, 0.3) is 0 Å². The van der Waals surface area contributed by atoms with Gasteiger partial charge in [-0.3, -0.25) is 5.41 Å². The third kappa shape index (κ3) is 5.20. The molecule has 5 N–H and O–H groups in total. The van der Waals surface area contributed by atoms with E-state index < -0.39 is 19.1 Å². The molecule has 0 radical (unpaired) electrons. The summed E-state index contributed by atoms with van der Waals surface area (Å²) in [4.78, 5) is 12.4. The van der Waals surface area contributed by atoms with Crippen LogP contribution in [0.4, 0.5) is 0 Å². The van der Waals surface area contributed by atoms with E-state index >= 15 is 0 Å². The number of oxime groups is 1. The second-order valence-electron chi connectivity index (χ2n) is 2.58. The average Bonchev–Trinajstić information content (AvgIpc) is 2.31. The molecule has 0 heterocycles. The molecule has 8 nitrogen and oxygen atoms in total. The quantitative estimate of drug-likeness (QED) is 0.277. The fourth-order valence-corrected chi connectivity index (χ4v) is 0.536. The molecule has 90 valence electrons. The Bertz CT molecular complexity index is 318. The normalized spacial score (nSPS) is 12.2. The predicted octanol–water partition coefficient (Wildman–Crippen LogP) is -0.857. The van der Waals surface area contributed by atoms with Crippen molar-refractivity contribution in [1.29, 1.82) is 5.41 Å². The lowest BCUT2D eigenvalue weighted by molar-refractivity contribution is 0.260. The Hall–Kier alpha value is -1.77. The lowest BCUT2D eigenvalue weighted by Gasteiger charge is -2.02. The summed E-state index contributed by atoms with van der Waals surface area (Å²) in [6, 6.07) is 0. The number of aliphatic imine (C=N–C) groups is 1. The maximum absolute atomic E-state index is 8.70. The molecule has 0 aromatic heterocycles. The van der Waals surface area contributed by atoms with Crippen molar-refractivity contribution in [2.45, 2.75) is 6.92 Å². The van der Waals surface area contributed by atoms with Gasteiger partial charge >= 0.3 is 0 Å². The van der Waals surface area contributed by atoms with Crippen molar-refractivity contribution in [2.24, 2.45) is 16.0 Å². The Kier molecular flexibility index (Phi) is 6.68. The summed E-state index contributed by atoms with van der Waals surface area (Å²) in [6.07, 6.45) is 0. The average molecular weight is 230 g/mol. The molecule has 8 heteroatoms. The zero-order valence-corrected chi connectivity index (χ0v) is 8.80. The zero-order chi connectivity index (χ0) is 12.6. The molecule has 0 unspecified atom stereocenters. The molecule has 0 atom stereocenters. The lowest BCUT2D eigenvalue weighted by atomic mass is 10.3. The number of rotatable bonds is 5. The van der Waals surface area contributed by atoms with Gasteiger partial charge in [-0.25, -0.2) is 4.99 Å². The van der Waals surface area contributed by atoms with Crippen LogP contribution in [0.15, 0.2) is 22.4 Å². The van der Waals surface area contributed by atoms with Gasteiger partial charge in [0.15, 0.2) is 0 Å². The highest BCUT2D eigenvalue weighted by molar-refractivity contribution is 5.99. The standard InChI is InChI=1S/C8H14N4O4/c1-5(11-8(4-14)15-10)6(2)12-16-7(9)3-13/h9,13-14H,1,3-4,10H2,2H3/b9-7?,11-8-,12-6+. The summed E-state index contributed by atoms with van der Waals surface area (Å²) >= 11 is 0. The summed E-state index contributed by atoms with van der Waals surface area (Å²) in [5.74, 6) is 4.27. The number of hydrogen-bond donors (Lipinski definition) is 4. The number of nitrogens with zero attached hydrogens (tertiary/aromatic N) is 2. The number of nitrogens with one attached hydrogen (secondary N) is 1. The van der Waals surface area contributed by atoms with Crippen LogP contribution in [-0.4, -0.2) is 40.9 Å². The van der Waals surface area contributed by atoms with Crippen LogP contribution in [0.3, 0.4) is 0 Å². The first kappa shape index (κ1) is 14.2. The third-order valence-corrected chi connectivity index (χ3v) is 1.38. The Balaban J connectivity index is 4.49. The first-order valence-corrected chi connectivity index (χ1v) is 4.19. The molecule has 0 saturated heterocycles. The summed E-state index contributed by atoms with van der Waals surface area (Å²) in [5, 5.41) is 27.6. The minimum Gasteiger partial charge on any atom is -0.393 e. The Labute approximate surface area is 92.1 Å². The van der Waals surface area contributed by atoms with E-state index in [2.05, 4.69) is 26.4 Å². The van der Waals surface area contributed by atoms with Gasteiger partial charge in [-0.2, -0.15) is 5.90 Å². The van der Waals surface area contributed by atoms with Crippen molar-refractivity contribution in [1.82, 2.24) is 0 Å². The van der Waals surface area contributed by atoms with Crippen molar-refractivity contribution >= 4 is 17.5 Å². The summed E-state index contributed by atoms with van der Waals surface area (Å²) in [6.45, 7) is 4.00. The summed E-state index contributed by atoms with van der Waals surface area (Å²) in [7, 11) is 0. The van der Waals surface area contributed by atoms with Gasteiger partial charge in [0.05, 0.1) is 5.70 Å². The molecule has 16 heavy (non-hydrogen) atoms. The van der Waals surface area contributed by atoms with E-state index in [9.17, 15) is 0 Å². The summed E-state index contributed by atoms with van der Waals surface area (Å²) < 4.78 is 0. The van der Waals surface area contributed by atoms with Crippen LogP contribution in [0.5, 0.6) is 0 Å².